The molecule has 0 atom stereocenters. The van der Waals surface area contributed by atoms with Gasteiger partial charge in [0, 0.05) is 12.2 Å². The molecule has 1 aromatic rings. The van der Waals surface area contributed by atoms with Crippen molar-refractivity contribution >= 4 is 11.6 Å². The van der Waals surface area contributed by atoms with Crippen molar-refractivity contribution in [1.29, 1.82) is 0 Å². The van der Waals surface area contributed by atoms with Gasteiger partial charge in [-0.15, -0.1) is 0 Å². The molecule has 0 saturated carbocycles. The van der Waals surface area contributed by atoms with Crippen LogP contribution in [-0.4, -0.2) is 37.5 Å². The molecule has 1 heterocycles. The molecule has 4 nitrogen and oxygen atoms in total. The van der Waals surface area contributed by atoms with Crippen molar-refractivity contribution in [2.24, 2.45) is 5.92 Å². The third kappa shape index (κ3) is 3.47. The third-order valence-electron chi connectivity index (χ3n) is 3.92. The van der Waals surface area contributed by atoms with Gasteiger partial charge in [-0.25, -0.2) is 0 Å². The van der Waals surface area contributed by atoms with Crippen molar-refractivity contribution in [2.45, 2.75) is 19.8 Å². The predicted molar refractivity (Wildman–Crippen MR) is 78.1 cm³/mol. The fourth-order valence-electron chi connectivity index (χ4n) is 2.59. The molecule has 104 valence electrons. The number of nitrogens with zero attached hydrogens (tertiary/aromatic N) is 1. The summed E-state index contributed by atoms with van der Waals surface area (Å²) >= 11 is 0. The number of amides is 1. The molecule has 1 aliphatic heterocycles. The van der Waals surface area contributed by atoms with E-state index in [1.807, 2.05) is 19.1 Å². The molecule has 1 aliphatic rings. The van der Waals surface area contributed by atoms with Crippen LogP contribution in [0.15, 0.2) is 18.2 Å². The number of hydrogen-bond acceptors (Lipinski definition) is 3. The molecule has 0 unspecified atom stereocenters. The van der Waals surface area contributed by atoms with Crippen molar-refractivity contribution < 1.29 is 4.79 Å². The highest BCUT2D eigenvalue weighted by Gasteiger charge is 2.18. The molecule has 0 spiro atoms. The van der Waals surface area contributed by atoms with Crippen LogP contribution in [0, 0.1) is 12.8 Å². The molecule has 1 fully saturated rings. The van der Waals surface area contributed by atoms with E-state index in [1.165, 1.54) is 0 Å². The third-order valence-corrected chi connectivity index (χ3v) is 3.92. The van der Waals surface area contributed by atoms with Gasteiger partial charge in [0.25, 0.3) is 5.91 Å². The van der Waals surface area contributed by atoms with Gasteiger partial charge >= 0.3 is 0 Å². The molecule has 1 saturated heterocycles. The van der Waals surface area contributed by atoms with Gasteiger partial charge in [0.05, 0.1) is 5.56 Å². The van der Waals surface area contributed by atoms with Gasteiger partial charge in [0.1, 0.15) is 0 Å². The molecular weight excluding hydrogens is 238 g/mol. The largest absolute Gasteiger partial charge is 0.398 e. The van der Waals surface area contributed by atoms with Gasteiger partial charge in [-0.3, -0.25) is 4.79 Å². The lowest BCUT2D eigenvalue weighted by Crippen LogP contribution is -2.37. The molecule has 1 amide bonds. The van der Waals surface area contributed by atoms with Gasteiger partial charge in [-0.2, -0.15) is 0 Å². The van der Waals surface area contributed by atoms with Gasteiger partial charge in [0.2, 0.25) is 0 Å². The number of hydrogen-bond donors (Lipinski definition) is 2. The number of anilines is 1. The summed E-state index contributed by atoms with van der Waals surface area (Å²) in [6, 6.07) is 5.57. The Morgan fingerprint density at radius 3 is 2.74 bits per heavy atom. The maximum atomic E-state index is 12.2. The molecule has 4 heteroatoms. The molecule has 1 aromatic carbocycles. The molecular formula is C15H23N3O. The number of carbonyl (C=O) groups excluding carboxylic acids is 1. The van der Waals surface area contributed by atoms with E-state index in [2.05, 4.69) is 17.3 Å². The lowest BCUT2D eigenvalue weighted by molar-refractivity contribution is 0.0939. The fourth-order valence-corrected chi connectivity index (χ4v) is 2.59. The first kappa shape index (κ1) is 13.9. The SMILES string of the molecule is Cc1cccc(N)c1C(=O)NCC1CCN(C)CC1. The summed E-state index contributed by atoms with van der Waals surface area (Å²) < 4.78 is 0. The Morgan fingerprint density at radius 2 is 2.11 bits per heavy atom. The Kier molecular flexibility index (Phi) is 4.43. The van der Waals surface area contributed by atoms with E-state index in [4.69, 9.17) is 5.73 Å². The number of nitrogen functional groups attached to an aromatic ring is 1. The number of likely N-dealkylation sites (tertiary alicyclic amines) is 1. The Hall–Kier alpha value is -1.55. The normalized spacial score (nSPS) is 17.4. The molecule has 2 rings (SSSR count). The van der Waals surface area contributed by atoms with Crippen LogP contribution in [0.4, 0.5) is 5.69 Å². The molecule has 0 aliphatic carbocycles. The van der Waals surface area contributed by atoms with Crippen molar-refractivity contribution in [2.75, 3.05) is 32.4 Å². The highest BCUT2D eigenvalue weighted by Crippen LogP contribution is 2.18. The van der Waals surface area contributed by atoms with Crippen LogP contribution >= 0.6 is 0 Å². The van der Waals surface area contributed by atoms with Crippen LogP contribution < -0.4 is 11.1 Å². The summed E-state index contributed by atoms with van der Waals surface area (Å²) in [6.07, 6.45) is 2.31. The lowest BCUT2D eigenvalue weighted by atomic mass is 9.97. The first-order valence-corrected chi connectivity index (χ1v) is 6.89. The molecule has 0 aromatic heterocycles. The average molecular weight is 261 g/mol. The van der Waals surface area contributed by atoms with E-state index >= 15 is 0 Å². The van der Waals surface area contributed by atoms with Crippen molar-refractivity contribution in [1.82, 2.24) is 10.2 Å². The number of aryl methyl sites for hydroxylation is 1. The molecule has 0 bridgehead atoms. The second kappa shape index (κ2) is 6.06. The summed E-state index contributed by atoms with van der Waals surface area (Å²) in [4.78, 5) is 14.5. The number of rotatable bonds is 3. The maximum absolute atomic E-state index is 12.2. The average Bonchev–Trinajstić information content (AvgIpc) is 2.38. The van der Waals surface area contributed by atoms with E-state index in [1.54, 1.807) is 6.07 Å². The summed E-state index contributed by atoms with van der Waals surface area (Å²) in [7, 11) is 2.14. The second-order valence-corrected chi connectivity index (χ2v) is 5.50. The van der Waals surface area contributed by atoms with Crippen molar-refractivity contribution in [3.05, 3.63) is 29.3 Å². The summed E-state index contributed by atoms with van der Waals surface area (Å²) in [6.45, 7) is 4.90. The quantitative estimate of drug-likeness (QED) is 0.813. The number of nitrogens with one attached hydrogen (secondary N) is 1. The number of piperidine rings is 1. The van der Waals surface area contributed by atoms with Crippen LogP contribution in [0.25, 0.3) is 0 Å². The molecule has 19 heavy (non-hydrogen) atoms. The zero-order valence-corrected chi connectivity index (χ0v) is 11.8. The molecule has 0 radical (unpaired) electrons. The first-order valence-electron chi connectivity index (χ1n) is 6.89. The summed E-state index contributed by atoms with van der Waals surface area (Å²) in [5, 5.41) is 3.03. The van der Waals surface area contributed by atoms with Crippen molar-refractivity contribution in [3.63, 3.8) is 0 Å². The topological polar surface area (TPSA) is 58.4 Å². The fraction of sp³-hybridized carbons (Fsp3) is 0.533. The van der Waals surface area contributed by atoms with Gasteiger partial charge in [-0.1, -0.05) is 12.1 Å². The summed E-state index contributed by atoms with van der Waals surface area (Å²) in [5.74, 6) is 0.542. The minimum absolute atomic E-state index is 0.0467. The first-order chi connectivity index (χ1) is 9.08. The Balaban J connectivity index is 1.91. The Bertz CT molecular complexity index is 430. The van der Waals surface area contributed by atoms with E-state index in [9.17, 15) is 4.79 Å². The van der Waals surface area contributed by atoms with E-state index in [-0.39, 0.29) is 5.91 Å². The van der Waals surface area contributed by atoms with Gasteiger partial charge in [-0.05, 0) is 57.5 Å². The minimum atomic E-state index is -0.0467. The number of benzene rings is 1. The maximum Gasteiger partial charge on any atom is 0.253 e. The predicted octanol–water partition coefficient (Wildman–Crippen LogP) is 1.65. The second-order valence-electron chi connectivity index (χ2n) is 5.50. The molecule has 3 N–H and O–H groups in total. The monoisotopic (exact) mass is 261 g/mol. The van der Waals surface area contributed by atoms with E-state index in [0.717, 1.165) is 38.0 Å². The van der Waals surface area contributed by atoms with Crippen molar-refractivity contribution in [3.8, 4) is 0 Å². The van der Waals surface area contributed by atoms with Crippen LogP contribution in [0.3, 0.4) is 0 Å². The summed E-state index contributed by atoms with van der Waals surface area (Å²) in [5.41, 5.74) is 7.99. The van der Waals surface area contributed by atoms with Gasteiger partial charge < -0.3 is 16.0 Å². The number of nitrogens with two attached hydrogens (primary N) is 1. The Morgan fingerprint density at radius 1 is 1.42 bits per heavy atom. The van der Waals surface area contributed by atoms with Crippen LogP contribution in [0.2, 0.25) is 0 Å². The number of carbonyl (C=O) groups is 1. The van der Waals surface area contributed by atoms with E-state index in [0.29, 0.717) is 17.2 Å². The zero-order chi connectivity index (χ0) is 13.8. The van der Waals surface area contributed by atoms with Crippen LogP contribution in [0.1, 0.15) is 28.8 Å². The van der Waals surface area contributed by atoms with Crippen LogP contribution in [-0.2, 0) is 0 Å². The highest BCUT2D eigenvalue weighted by molar-refractivity contribution is 6.00. The zero-order valence-electron chi connectivity index (χ0n) is 11.8. The lowest BCUT2D eigenvalue weighted by Gasteiger charge is -2.29. The smallest absolute Gasteiger partial charge is 0.253 e. The van der Waals surface area contributed by atoms with Crippen LogP contribution in [0.5, 0.6) is 0 Å². The minimum Gasteiger partial charge on any atom is -0.398 e. The highest BCUT2D eigenvalue weighted by atomic mass is 16.1. The van der Waals surface area contributed by atoms with E-state index < -0.39 is 0 Å². The van der Waals surface area contributed by atoms with Gasteiger partial charge in [0.15, 0.2) is 0 Å². The Labute approximate surface area is 115 Å². The standard InChI is InChI=1S/C15H23N3O/c1-11-4-3-5-13(16)14(11)15(19)17-10-12-6-8-18(2)9-7-12/h3-5,12H,6-10,16H2,1-2H3,(H,17,19).